The van der Waals surface area contributed by atoms with E-state index in [9.17, 15) is 0 Å². The van der Waals surface area contributed by atoms with E-state index in [4.69, 9.17) is 21.9 Å². The zero-order valence-corrected chi connectivity index (χ0v) is 17.8. The predicted molar refractivity (Wildman–Crippen MR) is 120 cm³/mol. The van der Waals surface area contributed by atoms with Crippen molar-refractivity contribution in [3.63, 3.8) is 0 Å². The lowest BCUT2D eigenvalue weighted by molar-refractivity contribution is -0.0661. The van der Waals surface area contributed by atoms with E-state index in [1.54, 1.807) is 0 Å². The van der Waals surface area contributed by atoms with E-state index in [0.29, 0.717) is 11.7 Å². The van der Waals surface area contributed by atoms with Crippen molar-refractivity contribution < 1.29 is 4.74 Å². The average Bonchev–Trinajstić information content (AvgIpc) is 2.88. The van der Waals surface area contributed by atoms with Gasteiger partial charge in [-0.2, -0.15) is 0 Å². The maximum Gasteiger partial charge on any atom is 0.202 e. The maximum atomic E-state index is 6.06. The van der Waals surface area contributed by atoms with Crippen molar-refractivity contribution in [3.05, 3.63) is 59.7 Å². The zero-order chi connectivity index (χ0) is 19.9. The van der Waals surface area contributed by atoms with Gasteiger partial charge in [0.1, 0.15) is 11.4 Å². The van der Waals surface area contributed by atoms with Crippen LogP contribution in [0.4, 0.5) is 11.4 Å². The molecule has 2 aliphatic rings. The smallest absolute Gasteiger partial charge is 0.202 e. The lowest BCUT2D eigenvalue weighted by Crippen LogP contribution is -2.60. The first-order chi connectivity index (χ1) is 13.3. The molecule has 1 N–H and O–H groups in total. The number of nitrogens with one attached hydrogen (secondary N) is 1. The van der Waals surface area contributed by atoms with E-state index in [1.165, 1.54) is 11.1 Å². The highest BCUT2D eigenvalue weighted by Gasteiger charge is 2.53. The van der Waals surface area contributed by atoms with Crippen LogP contribution in [0.1, 0.15) is 37.8 Å². The Balaban J connectivity index is 1.79. The average molecular weight is 394 g/mol. The summed E-state index contributed by atoms with van der Waals surface area (Å²) in [6.45, 7) is 9.17. The molecule has 28 heavy (non-hydrogen) atoms. The minimum Gasteiger partial charge on any atom is -0.375 e. The van der Waals surface area contributed by atoms with E-state index in [0.717, 1.165) is 30.1 Å². The standard InChI is InChI=1S/C23H27N3OS/c1-16-9-11-18(12-10-16)26-21(28)25-20(24-19-8-6-5-7-17(19)2)23(26)13-14-27-22(3,4)15-23/h5-12H,13-15H2,1-4H3,(H,24,25,28)/t23-/m1/s1. The van der Waals surface area contributed by atoms with Crippen molar-refractivity contribution in [3.8, 4) is 0 Å². The third-order valence-corrected chi connectivity index (χ3v) is 5.96. The third kappa shape index (κ3) is 3.33. The van der Waals surface area contributed by atoms with Crippen LogP contribution in [0.25, 0.3) is 0 Å². The van der Waals surface area contributed by atoms with Crippen LogP contribution < -0.4 is 10.2 Å². The van der Waals surface area contributed by atoms with Gasteiger partial charge in [-0.05, 0) is 63.7 Å². The number of nitrogens with zero attached hydrogens (tertiary/aromatic N) is 2. The number of hydrogen-bond acceptors (Lipinski definition) is 3. The summed E-state index contributed by atoms with van der Waals surface area (Å²) < 4.78 is 6.06. The summed E-state index contributed by atoms with van der Waals surface area (Å²) in [7, 11) is 0. The fraction of sp³-hybridized carbons (Fsp3) is 0.391. The number of para-hydroxylation sites is 1. The van der Waals surface area contributed by atoms with Crippen molar-refractivity contribution in [2.75, 3.05) is 16.8 Å². The highest BCUT2D eigenvalue weighted by Crippen LogP contribution is 2.43. The number of anilines is 2. The molecule has 146 valence electrons. The Labute approximate surface area is 172 Å². The van der Waals surface area contributed by atoms with Gasteiger partial charge in [0.25, 0.3) is 0 Å². The molecule has 0 saturated carbocycles. The fourth-order valence-electron chi connectivity index (χ4n) is 4.31. The summed E-state index contributed by atoms with van der Waals surface area (Å²) in [5.74, 6) is 0.920. The number of hydrogen-bond donors (Lipinski definition) is 1. The molecule has 2 aliphatic heterocycles. The van der Waals surface area contributed by atoms with Gasteiger partial charge in [-0.1, -0.05) is 35.9 Å². The number of thiocarbonyl (C=S) groups is 1. The largest absolute Gasteiger partial charge is 0.375 e. The minimum atomic E-state index is -0.337. The molecule has 1 saturated heterocycles. The van der Waals surface area contributed by atoms with E-state index < -0.39 is 0 Å². The van der Waals surface area contributed by atoms with Crippen LogP contribution in [0.2, 0.25) is 0 Å². The first-order valence-electron chi connectivity index (χ1n) is 9.77. The highest BCUT2D eigenvalue weighted by atomic mass is 32.1. The Morgan fingerprint density at radius 3 is 2.46 bits per heavy atom. The molecule has 0 bridgehead atoms. The highest BCUT2D eigenvalue weighted by molar-refractivity contribution is 7.80. The van der Waals surface area contributed by atoms with Crippen LogP contribution in [0.15, 0.2) is 53.5 Å². The minimum absolute atomic E-state index is 0.255. The normalized spacial score (nSPS) is 23.8. The molecule has 0 unspecified atom stereocenters. The molecule has 2 heterocycles. The first kappa shape index (κ1) is 19.1. The van der Waals surface area contributed by atoms with E-state index >= 15 is 0 Å². The summed E-state index contributed by atoms with van der Waals surface area (Å²) >= 11 is 5.77. The van der Waals surface area contributed by atoms with Gasteiger partial charge in [0.15, 0.2) is 0 Å². The number of benzene rings is 2. The van der Waals surface area contributed by atoms with Crippen molar-refractivity contribution in [1.29, 1.82) is 0 Å². The second-order valence-electron chi connectivity index (χ2n) is 8.42. The molecule has 1 spiro atoms. The number of aliphatic imine (C=N–C) groups is 1. The number of amidine groups is 1. The molecular weight excluding hydrogens is 366 g/mol. The molecule has 0 aromatic heterocycles. The van der Waals surface area contributed by atoms with Crippen molar-refractivity contribution in [2.45, 2.75) is 51.7 Å². The molecule has 1 atom stereocenters. The fourth-order valence-corrected chi connectivity index (χ4v) is 4.68. The van der Waals surface area contributed by atoms with Gasteiger partial charge in [-0.3, -0.25) is 0 Å². The Hall–Kier alpha value is -2.24. The Morgan fingerprint density at radius 1 is 1.07 bits per heavy atom. The van der Waals surface area contributed by atoms with Crippen LogP contribution in [0, 0.1) is 13.8 Å². The summed E-state index contributed by atoms with van der Waals surface area (Å²) in [6.07, 6.45) is 1.65. The Bertz CT molecular complexity index is 935. The van der Waals surface area contributed by atoms with Crippen molar-refractivity contribution >= 4 is 34.5 Å². The molecule has 0 amide bonds. The molecule has 4 nitrogen and oxygen atoms in total. The maximum absolute atomic E-state index is 6.06. The quantitative estimate of drug-likeness (QED) is 0.708. The van der Waals surface area contributed by atoms with E-state index in [1.807, 2.05) is 12.1 Å². The third-order valence-electron chi connectivity index (χ3n) is 5.68. The summed E-state index contributed by atoms with van der Waals surface area (Å²) in [4.78, 5) is 7.08. The molecule has 1 fully saturated rings. The summed E-state index contributed by atoms with van der Waals surface area (Å²) in [5, 5.41) is 4.22. The van der Waals surface area contributed by atoms with Gasteiger partial charge in [0.2, 0.25) is 5.11 Å². The first-order valence-corrected chi connectivity index (χ1v) is 10.2. The molecule has 0 aliphatic carbocycles. The van der Waals surface area contributed by atoms with Crippen LogP contribution in [-0.2, 0) is 4.74 Å². The topological polar surface area (TPSA) is 36.9 Å². The molecular formula is C23H27N3OS. The lowest BCUT2D eigenvalue weighted by atomic mass is 9.79. The summed E-state index contributed by atoms with van der Waals surface area (Å²) in [6, 6.07) is 16.8. The predicted octanol–water partition coefficient (Wildman–Crippen LogP) is 5.25. The SMILES string of the molecule is Cc1ccc(N2C(=S)N=C(Nc3ccccc3C)[C@]23CCOC(C)(C)C3)cc1. The van der Waals surface area contributed by atoms with Crippen LogP contribution in [-0.4, -0.2) is 28.7 Å². The lowest BCUT2D eigenvalue weighted by Gasteiger charge is -2.48. The van der Waals surface area contributed by atoms with Gasteiger partial charge in [0, 0.05) is 30.8 Å². The van der Waals surface area contributed by atoms with Gasteiger partial charge in [0.05, 0.1) is 5.60 Å². The molecule has 0 radical (unpaired) electrons. The number of ether oxygens (including phenoxy) is 1. The second-order valence-corrected chi connectivity index (χ2v) is 8.79. The van der Waals surface area contributed by atoms with Crippen LogP contribution in [0.3, 0.4) is 0 Å². The molecule has 2 aromatic carbocycles. The Kier molecular flexibility index (Phi) is 4.76. The molecule has 4 rings (SSSR count). The molecule has 2 aromatic rings. The summed E-state index contributed by atoms with van der Waals surface area (Å²) in [5.41, 5.74) is 3.98. The van der Waals surface area contributed by atoms with E-state index in [-0.39, 0.29) is 11.1 Å². The second kappa shape index (κ2) is 6.98. The van der Waals surface area contributed by atoms with Crippen LogP contribution in [0.5, 0.6) is 0 Å². The number of rotatable bonds is 2. The number of aryl methyl sites for hydroxylation is 2. The molecule has 5 heteroatoms. The van der Waals surface area contributed by atoms with Crippen molar-refractivity contribution in [1.82, 2.24) is 0 Å². The van der Waals surface area contributed by atoms with Crippen molar-refractivity contribution in [2.24, 2.45) is 4.99 Å². The Morgan fingerprint density at radius 2 is 1.79 bits per heavy atom. The van der Waals surface area contributed by atoms with Crippen LogP contribution >= 0.6 is 12.2 Å². The van der Waals surface area contributed by atoms with Gasteiger partial charge in [-0.15, -0.1) is 0 Å². The van der Waals surface area contributed by atoms with Gasteiger partial charge < -0.3 is 15.0 Å². The van der Waals surface area contributed by atoms with E-state index in [2.05, 4.69) is 74.3 Å². The zero-order valence-electron chi connectivity index (χ0n) is 17.0. The monoisotopic (exact) mass is 393 g/mol. The van der Waals surface area contributed by atoms with Gasteiger partial charge in [-0.25, -0.2) is 4.99 Å². The van der Waals surface area contributed by atoms with Gasteiger partial charge >= 0.3 is 0 Å².